The first kappa shape index (κ1) is 30.0. The minimum absolute atomic E-state index is 0.0718. The van der Waals surface area contributed by atoms with Crippen LogP contribution in [-0.2, 0) is 11.3 Å². The molecule has 0 radical (unpaired) electrons. The van der Waals surface area contributed by atoms with Gasteiger partial charge in [0.2, 0.25) is 11.9 Å². The average Bonchev–Trinajstić information content (AvgIpc) is 2.96. The van der Waals surface area contributed by atoms with E-state index < -0.39 is 0 Å². The minimum Gasteiger partial charge on any atom is -0.341 e. The fourth-order valence-corrected chi connectivity index (χ4v) is 5.72. The lowest BCUT2D eigenvalue weighted by atomic mass is 10.00. The average molecular weight is 549 g/mol. The van der Waals surface area contributed by atoms with Crippen LogP contribution in [0.1, 0.15) is 76.2 Å². The fraction of sp³-hybridized carbons (Fsp3) is 0.625. The van der Waals surface area contributed by atoms with Crippen LogP contribution in [0.2, 0.25) is 0 Å². The van der Waals surface area contributed by atoms with E-state index in [2.05, 4.69) is 54.4 Å². The molecule has 40 heavy (non-hydrogen) atoms. The Morgan fingerprint density at radius 2 is 1.60 bits per heavy atom. The maximum atomic E-state index is 13.9. The molecule has 2 aromatic rings. The van der Waals surface area contributed by atoms with Crippen LogP contribution >= 0.6 is 0 Å². The number of anilines is 2. The number of benzene rings is 1. The predicted molar refractivity (Wildman–Crippen MR) is 162 cm³/mol. The number of nitrogens with zero attached hydrogens (tertiary/aromatic N) is 6. The Morgan fingerprint density at radius 1 is 0.900 bits per heavy atom. The van der Waals surface area contributed by atoms with Gasteiger partial charge in [-0.1, -0.05) is 52.8 Å². The van der Waals surface area contributed by atoms with Crippen molar-refractivity contribution in [3.05, 3.63) is 47.8 Å². The molecule has 2 aliphatic heterocycles. The SMILES string of the molecule is CC(C)CC(=O)N1CCCN(CC(C)C)CCN(C(=O)c2cnc(N3CCC(C)CC3)nc2)Cc2ccccc21. The summed E-state index contributed by atoms with van der Waals surface area (Å²) in [5.41, 5.74) is 2.41. The Labute approximate surface area is 240 Å². The number of fused-ring (bicyclic) bond motifs is 1. The highest BCUT2D eigenvalue weighted by Crippen LogP contribution is 2.26. The maximum Gasteiger partial charge on any atom is 0.257 e. The Bertz CT molecular complexity index is 1110. The van der Waals surface area contributed by atoms with Crippen LogP contribution in [0.3, 0.4) is 0 Å². The van der Waals surface area contributed by atoms with Crippen molar-refractivity contribution in [1.29, 1.82) is 0 Å². The summed E-state index contributed by atoms with van der Waals surface area (Å²) in [6.07, 6.45) is 7.05. The molecule has 1 aromatic carbocycles. The van der Waals surface area contributed by atoms with Crippen molar-refractivity contribution < 1.29 is 9.59 Å². The van der Waals surface area contributed by atoms with Crippen molar-refractivity contribution in [3.63, 3.8) is 0 Å². The van der Waals surface area contributed by atoms with Gasteiger partial charge in [-0.15, -0.1) is 0 Å². The van der Waals surface area contributed by atoms with Crippen LogP contribution in [0.4, 0.5) is 11.6 Å². The Balaban J connectivity index is 1.61. The van der Waals surface area contributed by atoms with E-state index in [1.165, 1.54) is 0 Å². The molecule has 0 aliphatic carbocycles. The molecule has 8 nitrogen and oxygen atoms in total. The number of para-hydroxylation sites is 1. The highest BCUT2D eigenvalue weighted by atomic mass is 16.2. The largest absolute Gasteiger partial charge is 0.341 e. The van der Waals surface area contributed by atoms with Gasteiger partial charge in [-0.3, -0.25) is 9.59 Å². The van der Waals surface area contributed by atoms with Crippen LogP contribution in [0.5, 0.6) is 0 Å². The molecule has 1 aromatic heterocycles. The van der Waals surface area contributed by atoms with Gasteiger partial charge in [-0.25, -0.2) is 9.97 Å². The second kappa shape index (κ2) is 14.1. The van der Waals surface area contributed by atoms with Gasteiger partial charge in [0.15, 0.2) is 0 Å². The molecular formula is C32H48N6O2. The summed E-state index contributed by atoms with van der Waals surface area (Å²) in [4.78, 5) is 45.0. The van der Waals surface area contributed by atoms with Crippen molar-refractivity contribution in [1.82, 2.24) is 19.8 Å². The van der Waals surface area contributed by atoms with Crippen molar-refractivity contribution in [3.8, 4) is 0 Å². The molecule has 3 heterocycles. The standard InChI is InChI=1S/C32H48N6O2/c1-24(2)19-30(39)38-14-8-13-35(22-25(3)4)17-18-37(23-27-9-6-7-10-29(27)38)31(40)28-20-33-32(34-21-28)36-15-11-26(5)12-16-36/h6-7,9-10,20-21,24-26H,8,11-19,22-23H2,1-5H3. The van der Waals surface area contributed by atoms with Crippen molar-refractivity contribution in [2.45, 2.75) is 66.8 Å². The number of carbonyl (C=O) groups excluding carboxylic acids is 2. The Hall–Kier alpha value is -3.00. The summed E-state index contributed by atoms with van der Waals surface area (Å²) in [6, 6.07) is 8.05. The van der Waals surface area contributed by atoms with Gasteiger partial charge in [0.05, 0.1) is 5.56 Å². The maximum absolute atomic E-state index is 13.9. The van der Waals surface area contributed by atoms with Crippen molar-refractivity contribution in [2.24, 2.45) is 17.8 Å². The molecule has 8 heteroatoms. The number of piperidine rings is 1. The summed E-state index contributed by atoms with van der Waals surface area (Å²) >= 11 is 0. The number of hydrogen-bond donors (Lipinski definition) is 0. The molecule has 1 saturated heterocycles. The zero-order chi connectivity index (χ0) is 28.6. The molecule has 0 atom stereocenters. The molecule has 0 spiro atoms. The predicted octanol–water partition coefficient (Wildman–Crippen LogP) is 5.10. The summed E-state index contributed by atoms with van der Waals surface area (Å²) in [6.45, 7) is 17.2. The molecular weight excluding hydrogens is 500 g/mol. The molecule has 4 rings (SSSR count). The van der Waals surface area contributed by atoms with Crippen LogP contribution in [0.15, 0.2) is 36.7 Å². The Morgan fingerprint density at radius 3 is 2.27 bits per heavy atom. The smallest absolute Gasteiger partial charge is 0.257 e. The second-order valence-corrected chi connectivity index (χ2v) is 12.5. The summed E-state index contributed by atoms with van der Waals surface area (Å²) in [5.74, 6) is 2.31. The minimum atomic E-state index is -0.0718. The van der Waals surface area contributed by atoms with E-state index in [0.717, 1.165) is 69.2 Å². The second-order valence-electron chi connectivity index (χ2n) is 12.5. The molecule has 0 unspecified atom stereocenters. The van der Waals surface area contributed by atoms with Gasteiger partial charge in [0.25, 0.3) is 5.91 Å². The number of aromatic nitrogens is 2. The third-order valence-electron chi connectivity index (χ3n) is 7.93. The quantitative estimate of drug-likeness (QED) is 0.500. The van der Waals surface area contributed by atoms with Crippen molar-refractivity contribution in [2.75, 3.05) is 55.6 Å². The molecule has 0 N–H and O–H groups in total. The molecule has 0 saturated carbocycles. The number of hydrogen-bond acceptors (Lipinski definition) is 6. The normalized spacial score (nSPS) is 18.1. The summed E-state index contributed by atoms with van der Waals surface area (Å²) < 4.78 is 0. The number of amides is 2. The molecule has 1 fully saturated rings. The van der Waals surface area contributed by atoms with Gasteiger partial charge in [-0.2, -0.15) is 0 Å². The van der Waals surface area contributed by atoms with Crippen LogP contribution < -0.4 is 9.80 Å². The molecule has 2 aliphatic rings. The van der Waals surface area contributed by atoms with E-state index in [4.69, 9.17) is 0 Å². The zero-order valence-electron chi connectivity index (χ0n) is 25.2. The lowest BCUT2D eigenvalue weighted by Crippen LogP contribution is -2.40. The monoisotopic (exact) mass is 548 g/mol. The lowest BCUT2D eigenvalue weighted by Gasteiger charge is -2.30. The molecule has 0 bridgehead atoms. The Kier molecular flexibility index (Phi) is 10.5. The summed E-state index contributed by atoms with van der Waals surface area (Å²) in [5, 5.41) is 0. The van der Waals surface area contributed by atoms with Gasteiger partial charge in [-0.05, 0) is 55.2 Å². The highest BCUT2D eigenvalue weighted by Gasteiger charge is 2.25. The first-order valence-corrected chi connectivity index (χ1v) is 15.2. The molecule has 218 valence electrons. The van der Waals surface area contributed by atoms with E-state index in [0.29, 0.717) is 43.5 Å². The number of carbonyl (C=O) groups is 2. The first-order valence-electron chi connectivity index (χ1n) is 15.2. The number of rotatable bonds is 6. The van der Waals surface area contributed by atoms with E-state index >= 15 is 0 Å². The summed E-state index contributed by atoms with van der Waals surface area (Å²) in [7, 11) is 0. The first-order chi connectivity index (χ1) is 19.2. The van der Waals surface area contributed by atoms with Gasteiger partial charge >= 0.3 is 0 Å². The third kappa shape index (κ3) is 8.03. The van der Waals surface area contributed by atoms with Crippen LogP contribution in [0.25, 0.3) is 0 Å². The third-order valence-corrected chi connectivity index (χ3v) is 7.93. The van der Waals surface area contributed by atoms with Gasteiger partial charge in [0.1, 0.15) is 0 Å². The topological polar surface area (TPSA) is 72.9 Å². The van der Waals surface area contributed by atoms with E-state index in [-0.39, 0.29) is 17.7 Å². The van der Waals surface area contributed by atoms with Crippen LogP contribution in [0, 0.1) is 17.8 Å². The van der Waals surface area contributed by atoms with E-state index in [1.807, 2.05) is 34.1 Å². The zero-order valence-corrected chi connectivity index (χ0v) is 25.2. The van der Waals surface area contributed by atoms with Crippen molar-refractivity contribution >= 4 is 23.5 Å². The van der Waals surface area contributed by atoms with E-state index in [9.17, 15) is 9.59 Å². The fourth-order valence-electron chi connectivity index (χ4n) is 5.72. The van der Waals surface area contributed by atoms with E-state index in [1.54, 1.807) is 12.4 Å². The lowest BCUT2D eigenvalue weighted by molar-refractivity contribution is -0.119. The highest BCUT2D eigenvalue weighted by molar-refractivity contribution is 5.95. The van der Waals surface area contributed by atoms with Crippen LogP contribution in [-0.4, -0.2) is 77.4 Å². The molecule has 2 amide bonds. The van der Waals surface area contributed by atoms with Gasteiger partial charge in [0, 0.05) is 70.3 Å². The van der Waals surface area contributed by atoms with Gasteiger partial charge < -0.3 is 19.6 Å².